The number of benzene rings is 1. The van der Waals surface area contributed by atoms with Crippen molar-refractivity contribution in [3.05, 3.63) is 32.8 Å². The molecule has 5 nitrogen and oxygen atoms in total. The molecule has 0 unspecified atom stereocenters. The second-order valence-corrected chi connectivity index (χ2v) is 5.92. The highest BCUT2D eigenvalue weighted by Gasteiger charge is 2.45. The zero-order chi connectivity index (χ0) is 13.5. The van der Waals surface area contributed by atoms with Crippen molar-refractivity contribution in [3.8, 4) is 0 Å². The van der Waals surface area contributed by atoms with Crippen LogP contribution >= 0.6 is 15.9 Å². The highest BCUT2D eigenvalue weighted by Crippen LogP contribution is 2.38. The molecule has 18 heavy (non-hydrogen) atoms. The number of halogens is 1. The first-order valence-electron chi connectivity index (χ1n) is 5.75. The van der Waals surface area contributed by atoms with Gasteiger partial charge in [0.2, 0.25) is 0 Å². The van der Waals surface area contributed by atoms with Gasteiger partial charge in [-0.3, -0.25) is 10.1 Å². The summed E-state index contributed by atoms with van der Waals surface area (Å²) in [4.78, 5) is 12.5. The van der Waals surface area contributed by atoms with Crippen molar-refractivity contribution in [1.29, 1.82) is 0 Å². The standard InChI is InChI=1S/C12H15BrN2O3/c1-8(2)12(16)6-14(7-12)10-4-3-9(13)5-11(10)15(17)18/h3-5,8,16H,6-7H2,1-2H3. The fraction of sp³-hybridized carbons (Fsp3) is 0.500. The average molecular weight is 315 g/mol. The maximum atomic E-state index is 11.0. The molecule has 1 N–H and O–H groups in total. The number of β-amino-alcohol motifs (C(OH)–C–C–N with tert-alkyl or cyclic N) is 1. The van der Waals surface area contributed by atoms with E-state index in [9.17, 15) is 15.2 Å². The lowest BCUT2D eigenvalue weighted by Gasteiger charge is -2.50. The predicted octanol–water partition coefficient (Wildman–Crippen LogP) is 2.56. The molecule has 0 atom stereocenters. The van der Waals surface area contributed by atoms with Gasteiger partial charge in [0.05, 0.1) is 4.92 Å². The molecule has 2 rings (SSSR count). The normalized spacial score (nSPS) is 17.7. The molecule has 0 saturated carbocycles. The molecule has 1 aromatic carbocycles. The van der Waals surface area contributed by atoms with Crippen LogP contribution in [0.4, 0.5) is 11.4 Å². The molecule has 1 fully saturated rings. The van der Waals surface area contributed by atoms with Crippen LogP contribution in [0.25, 0.3) is 0 Å². The van der Waals surface area contributed by atoms with Crippen LogP contribution < -0.4 is 4.90 Å². The first kappa shape index (κ1) is 13.3. The van der Waals surface area contributed by atoms with Crippen LogP contribution in [0.2, 0.25) is 0 Å². The number of aliphatic hydroxyl groups is 1. The Morgan fingerprint density at radius 3 is 2.61 bits per heavy atom. The minimum atomic E-state index is -0.735. The Kier molecular flexibility index (Phi) is 3.33. The first-order valence-corrected chi connectivity index (χ1v) is 6.54. The summed E-state index contributed by atoms with van der Waals surface area (Å²) in [7, 11) is 0. The third kappa shape index (κ3) is 2.22. The monoisotopic (exact) mass is 314 g/mol. The zero-order valence-electron chi connectivity index (χ0n) is 10.3. The summed E-state index contributed by atoms with van der Waals surface area (Å²) in [6.45, 7) is 4.78. The summed E-state index contributed by atoms with van der Waals surface area (Å²) in [5.74, 6) is 0.142. The molecule has 0 aromatic heterocycles. The SMILES string of the molecule is CC(C)C1(O)CN(c2ccc(Br)cc2[N+](=O)[O-])C1. The van der Waals surface area contributed by atoms with Gasteiger partial charge in [-0.2, -0.15) is 0 Å². The molecule has 1 aliphatic rings. The van der Waals surface area contributed by atoms with Gasteiger partial charge in [-0.15, -0.1) is 0 Å². The van der Waals surface area contributed by atoms with Crippen molar-refractivity contribution in [1.82, 2.24) is 0 Å². The molecule has 0 amide bonds. The Labute approximate surface area is 114 Å². The van der Waals surface area contributed by atoms with E-state index < -0.39 is 10.5 Å². The summed E-state index contributed by atoms with van der Waals surface area (Å²) < 4.78 is 0.678. The molecule has 1 heterocycles. The van der Waals surface area contributed by atoms with Crippen LogP contribution in [0.5, 0.6) is 0 Å². The van der Waals surface area contributed by atoms with Crippen molar-refractivity contribution < 1.29 is 10.0 Å². The number of nitrogens with zero attached hydrogens (tertiary/aromatic N) is 2. The quantitative estimate of drug-likeness (QED) is 0.688. The molecule has 1 saturated heterocycles. The predicted molar refractivity (Wildman–Crippen MR) is 72.8 cm³/mol. The maximum Gasteiger partial charge on any atom is 0.293 e. The molecule has 0 spiro atoms. The summed E-state index contributed by atoms with van der Waals surface area (Å²) in [6, 6.07) is 4.97. The van der Waals surface area contributed by atoms with E-state index in [2.05, 4.69) is 15.9 Å². The maximum absolute atomic E-state index is 11.0. The van der Waals surface area contributed by atoms with Gasteiger partial charge in [0, 0.05) is 23.6 Å². The zero-order valence-corrected chi connectivity index (χ0v) is 11.8. The summed E-state index contributed by atoms with van der Waals surface area (Å²) >= 11 is 3.23. The van der Waals surface area contributed by atoms with E-state index in [1.807, 2.05) is 18.7 Å². The van der Waals surface area contributed by atoms with E-state index in [1.165, 1.54) is 6.07 Å². The second kappa shape index (κ2) is 4.51. The Balaban J connectivity index is 2.24. The molecule has 0 aliphatic carbocycles. The Bertz CT molecular complexity index is 484. The fourth-order valence-corrected chi connectivity index (χ4v) is 2.41. The van der Waals surface area contributed by atoms with Crippen molar-refractivity contribution >= 4 is 27.3 Å². The summed E-state index contributed by atoms with van der Waals surface area (Å²) in [5, 5.41) is 21.2. The van der Waals surface area contributed by atoms with Gasteiger partial charge >= 0.3 is 0 Å². The summed E-state index contributed by atoms with van der Waals surface area (Å²) in [6.07, 6.45) is 0. The number of nitro benzene ring substituents is 1. The number of anilines is 1. The minimum absolute atomic E-state index is 0.0650. The van der Waals surface area contributed by atoms with Crippen LogP contribution in [0.3, 0.4) is 0 Å². The average Bonchev–Trinajstić information content (AvgIpc) is 2.24. The van der Waals surface area contributed by atoms with Crippen molar-refractivity contribution in [2.75, 3.05) is 18.0 Å². The molecular weight excluding hydrogens is 300 g/mol. The van der Waals surface area contributed by atoms with Crippen LogP contribution in [0.15, 0.2) is 22.7 Å². The fourth-order valence-electron chi connectivity index (χ4n) is 2.06. The Morgan fingerprint density at radius 1 is 1.50 bits per heavy atom. The third-order valence-corrected chi connectivity index (χ3v) is 3.97. The van der Waals surface area contributed by atoms with Crippen molar-refractivity contribution in [3.63, 3.8) is 0 Å². The molecule has 0 bridgehead atoms. The highest BCUT2D eigenvalue weighted by atomic mass is 79.9. The van der Waals surface area contributed by atoms with E-state index in [4.69, 9.17) is 0 Å². The van der Waals surface area contributed by atoms with E-state index in [-0.39, 0.29) is 11.6 Å². The summed E-state index contributed by atoms with van der Waals surface area (Å²) in [5.41, 5.74) is -0.107. The molecule has 98 valence electrons. The smallest absolute Gasteiger partial charge is 0.293 e. The Hall–Kier alpha value is -1.14. The van der Waals surface area contributed by atoms with Crippen molar-refractivity contribution in [2.24, 2.45) is 5.92 Å². The topological polar surface area (TPSA) is 66.6 Å². The van der Waals surface area contributed by atoms with Crippen LogP contribution in [-0.4, -0.2) is 28.7 Å². The molecule has 0 radical (unpaired) electrons. The van der Waals surface area contributed by atoms with Gasteiger partial charge < -0.3 is 10.0 Å². The van der Waals surface area contributed by atoms with Gasteiger partial charge in [0.25, 0.3) is 5.69 Å². The number of hydrogen-bond acceptors (Lipinski definition) is 4. The van der Waals surface area contributed by atoms with Crippen LogP contribution in [-0.2, 0) is 0 Å². The second-order valence-electron chi connectivity index (χ2n) is 5.00. The van der Waals surface area contributed by atoms with Gasteiger partial charge in [0.15, 0.2) is 0 Å². The van der Waals surface area contributed by atoms with Crippen LogP contribution in [0.1, 0.15) is 13.8 Å². The first-order chi connectivity index (χ1) is 8.33. The molecule has 1 aliphatic heterocycles. The van der Waals surface area contributed by atoms with E-state index in [1.54, 1.807) is 12.1 Å². The lowest BCUT2D eigenvalue weighted by molar-refractivity contribution is -0.384. The van der Waals surface area contributed by atoms with Crippen molar-refractivity contribution in [2.45, 2.75) is 19.4 Å². The van der Waals surface area contributed by atoms with E-state index in [0.29, 0.717) is 23.2 Å². The molecule has 1 aromatic rings. The number of hydrogen-bond donors (Lipinski definition) is 1. The minimum Gasteiger partial charge on any atom is -0.386 e. The lowest BCUT2D eigenvalue weighted by atomic mass is 9.82. The molecule has 6 heteroatoms. The van der Waals surface area contributed by atoms with E-state index >= 15 is 0 Å². The van der Waals surface area contributed by atoms with Gasteiger partial charge in [-0.25, -0.2) is 0 Å². The van der Waals surface area contributed by atoms with Gasteiger partial charge in [-0.1, -0.05) is 29.8 Å². The number of nitro groups is 1. The Morgan fingerprint density at radius 2 is 2.11 bits per heavy atom. The number of rotatable bonds is 3. The van der Waals surface area contributed by atoms with Gasteiger partial charge in [0.1, 0.15) is 11.3 Å². The largest absolute Gasteiger partial charge is 0.386 e. The van der Waals surface area contributed by atoms with Crippen LogP contribution in [0, 0.1) is 16.0 Å². The van der Waals surface area contributed by atoms with Gasteiger partial charge in [-0.05, 0) is 18.1 Å². The third-order valence-electron chi connectivity index (χ3n) is 3.48. The lowest BCUT2D eigenvalue weighted by Crippen LogP contribution is -2.64. The van der Waals surface area contributed by atoms with E-state index in [0.717, 1.165) is 0 Å². The highest BCUT2D eigenvalue weighted by molar-refractivity contribution is 9.10. The molecular formula is C12H15BrN2O3.